The largest absolute Gasteiger partial charge is 0.354 e. The van der Waals surface area contributed by atoms with Crippen LogP contribution in [0, 0.1) is 17.2 Å². The van der Waals surface area contributed by atoms with Crippen molar-refractivity contribution in [1.82, 2.24) is 15.0 Å². The molecule has 19 heavy (non-hydrogen) atoms. The van der Waals surface area contributed by atoms with Crippen molar-refractivity contribution in [3.63, 3.8) is 0 Å². The summed E-state index contributed by atoms with van der Waals surface area (Å²) in [6.07, 6.45) is 0.684. The summed E-state index contributed by atoms with van der Waals surface area (Å²) in [5.41, 5.74) is -0.734. The summed E-state index contributed by atoms with van der Waals surface area (Å²) >= 11 is 5.84. The van der Waals surface area contributed by atoms with Crippen LogP contribution in [0.5, 0.6) is 0 Å². The van der Waals surface area contributed by atoms with Gasteiger partial charge in [0, 0.05) is 6.54 Å². The van der Waals surface area contributed by atoms with Crippen molar-refractivity contribution in [2.24, 2.45) is 5.92 Å². The van der Waals surface area contributed by atoms with Crippen LogP contribution < -0.4 is 10.6 Å². The molecule has 0 aliphatic carbocycles. The molecule has 1 heterocycles. The molecule has 1 aromatic rings. The Hall–Kier alpha value is -1.61. The van der Waals surface area contributed by atoms with Gasteiger partial charge in [-0.05, 0) is 37.8 Å². The summed E-state index contributed by atoms with van der Waals surface area (Å²) in [6, 6.07) is 2.25. The van der Waals surface area contributed by atoms with Crippen LogP contribution in [-0.2, 0) is 0 Å². The molecule has 7 heteroatoms. The maximum absolute atomic E-state index is 9.31. The summed E-state index contributed by atoms with van der Waals surface area (Å²) in [4.78, 5) is 12.1. The first-order chi connectivity index (χ1) is 8.88. The Labute approximate surface area is 118 Å². The van der Waals surface area contributed by atoms with Crippen LogP contribution in [0.3, 0.4) is 0 Å². The number of rotatable bonds is 6. The van der Waals surface area contributed by atoms with Crippen LogP contribution in [0.15, 0.2) is 0 Å². The number of hydrogen-bond donors (Lipinski definition) is 2. The fourth-order valence-corrected chi connectivity index (χ4v) is 1.99. The first-order valence-corrected chi connectivity index (χ1v) is 6.61. The Morgan fingerprint density at radius 2 is 1.95 bits per heavy atom. The molecule has 0 radical (unpaired) electrons. The van der Waals surface area contributed by atoms with Crippen molar-refractivity contribution in [3.05, 3.63) is 5.28 Å². The van der Waals surface area contributed by atoms with E-state index >= 15 is 0 Å². The standard InChI is InChI=1S/C12H19ClN6/c1-5-15-10-16-9(13)17-11(18-10)19-12(4,7-14)6-8(2)3/h8H,5-6H2,1-4H3,(H2,15,16,17,18,19). The molecular weight excluding hydrogens is 264 g/mol. The summed E-state index contributed by atoms with van der Waals surface area (Å²) < 4.78 is 0. The van der Waals surface area contributed by atoms with Gasteiger partial charge in [0.2, 0.25) is 17.2 Å². The maximum atomic E-state index is 9.31. The molecule has 0 amide bonds. The van der Waals surface area contributed by atoms with Gasteiger partial charge in [-0.3, -0.25) is 0 Å². The lowest BCUT2D eigenvalue weighted by atomic mass is 9.92. The van der Waals surface area contributed by atoms with Gasteiger partial charge < -0.3 is 10.6 Å². The molecule has 6 nitrogen and oxygen atoms in total. The molecule has 0 bridgehead atoms. The van der Waals surface area contributed by atoms with Crippen molar-refractivity contribution < 1.29 is 0 Å². The van der Waals surface area contributed by atoms with Crippen molar-refractivity contribution in [2.45, 2.75) is 39.7 Å². The van der Waals surface area contributed by atoms with Crippen molar-refractivity contribution in [2.75, 3.05) is 17.2 Å². The van der Waals surface area contributed by atoms with E-state index in [1.165, 1.54) is 0 Å². The van der Waals surface area contributed by atoms with E-state index in [1.807, 2.05) is 13.8 Å². The Bertz CT molecular complexity index is 470. The predicted octanol–water partition coefficient (Wildman–Crippen LogP) is 2.70. The maximum Gasteiger partial charge on any atom is 0.230 e. The third kappa shape index (κ3) is 4.87. The van der Waals surface area contributed by atoms with Gasteiger partial charge in [-0.25, -0.2) is 0 Å². The summed E-state index contributed by atoms with van der Waals surface area (Å²) in [7, 11) is 0. The minimum atomic E-state index is -0.734. The number of nitriles is 1. The second kappa shape index (κ2) is 6.53. The fourth-order valence-electron chi connectivity index (χ4n) is 1.83. The highest BCUT2D eigenvalue weighted by Gasteiger charge is 2.26. The van der Waals surface area contributed by atoms with Crippen LogP contribution in [0.2, 0.25) is 5.28 Å². The van der Waals surface area contributed by atoms with Crippen LogP contribution in [-0.4, -0.2) is 27.0 Å². The van der Waals surface area contributed by atoms with E-state index in [0.29, 0.717) is 30.8 Å². The highest BCUT2D eigenvalue weighted by atomic mass is 35.5. The van der Waals surface area contributed by atoms with Gasteiger partial charge in [0.05, 0.1) is 6.07 Å². The molecule has 104 valence electrons. The number of hydrogen-bond acceptors (Lipinski definition) is 6. The molecule has 1 atom stereocenters. The van der Waals surface area contributed by atoms with E-state index in [1.54, 1.807) is 0 Å². The molecule has 1 unspecified atom stereocenters. The summed E-state index contributed by atoms with van der Waals surface area (Å²) in [5.74, 6) is 1.08. The number of halogens is 1. The fraction of sp³-hybridized carbons (Fsp3) is 0.667. The van der Waals surface area contributed by atoms with E-state index in [2.05, 4.69) is 45.5 Å². The van der Waals surface area contributed by atoms with Gasteiger partial charge in [0.15, 0.2) is 0 Å². The van der Waals surface area contributed by atoms with Gasteiger partial charge in [0.25, 0.3) is 0 Å². The smallest absolute Gasteiger partial charge is 0.230 e. The second-order valence-electron chi connectivity index (χ2n) is 4.95. The molecule has 0 aliphatic heterocycles. The monoisotopic (exact) mass is 282 g/mol. The SMILES string of the molecule is CCNc1nc(Cl)nc(NC(C)(C#N)CC(C)C)n1. The zero-order valence-corrected chi connectivity index (χ0v) is 12.4. The van der Waals surface area contributed by atoms with Crippen molar-refractivity contribution in [1.29, 1.82) is 5.26 Å². The first kappa shape index (κ1) is 15.4. The lowest BCUT2D eigenvalue weighted by Gasteiger charge is -2.25. The summed E-state index contributed by atoms with van der Waals surface area (Å²) in [6.45, 7) is 8.55. The van der Waals surface area contributed by atoms with E-state index in [-0.39, 0.29) is 5.28 Å². The quantitative estimate of drug-likeness (QED) is 0.834. The van der Waals surface area contributed by atoms with Crippen LogP contribution in [0.25, 0.3) is 0 Å². The van der Waals surface area contributed by atoms with Crippen LogP contribution in [0.4, 0.5) is 11.9 Å². The molecular formula is C12H19ClN6. The third-order valence-electron chi connectivity index (χ3n) is 2.39. The predicted molar refractivity (Wildman–Crippen MR) is 76.1 cm³/mol. The Morgan fingerprint density at radius 3 is 2.47 bits per heavy atom. The van der Waals surface area contributed by atoms with Gasteiger partial charge in [-0.15, -0.1) is 0 Å². The zero-order valence-electron chi connectivity index (χ0n) is 11.7. The van der Waals surface area contributed by atoms with E-state index < -0.39 is 5.54 Å². The number of aromatic nitrogens is 3. The molecule has 1 rings (SSSR count). The topological polar surface area (TPSA) is 86.5 Å². The van der Waals surface area contributed by atoms with E-state index in [0.717, 1.165) is 0 Å². The Balaban J connectivity index is 2.94. The third-order valence-corrected chi connectivity index (χ3v) is 2.56. The molecule has 0 spiro atoms. The lowest BCUT2D eigenvalue weighted by molar-refractivity contribution is 0.471. The molecule has 2 N–H and O–H groups in total. The normalized spacial score (nSPS) is 13.7. The zero-order chi connectivity index (χ0) is 14.5. The van der Waals surface area contributed by atoms with Gasteiger partial charge in [-0.1, -0.05) is 13.8 Å². The van der Waals surface area contributed by atoms with Crippen LogP contribution >= 0.6 is 11.6 Å². The molecule has 0 saturated heterocycles. The van der Waals surface area contributed by atoms with Gasteiger partial charge in [-0.2, -0.15) is 20.2 Å². The highest BCUT2D eigenvalue weighted by molar-refractivity contribution is 6.28. The number of anilines is 2. The van der Waals surface area contributed by atoms with E-state index in [9.17, 15) is 5.26 Å². The van der Waals surface area contributed by atoms with Gasteiger partial charge in [0.1, 0.15) is 5.54 Å². The Kier molecular flexibility index (Phi) is 5.31. The van der Waals surface area contributed by atoms with Crippen molar-refractivity contribution >= 4 is 23.5 Å². The first-order valence-electron chi connectivity index (χ1n) is 6.23. The average molecular weight is 283 g/mol. The lowest BCUT2D eigenvalue weighted by Crippen LogP contribution is -2.35. The molecule has 0 fully saturated rings. The minimum absolute atomic E-state index is 0.0956. The van der Waals surface area contributed by atoms with E-state index in [4.69, 9.17) is 11.6 Å². The molecule has 0 saturated carbocycles. The second-order valence-corrected chi connectivity index (χ2v) is 5.29. The highest BCUT2D eigenvalue weighted by Crippen LogP contribution is 2.21. The molecule has 1 aromatic heterocycles. The van der Waals surface area contributed by atoms with Crippen LogP contribution in [0.1, 0.15) is 34.1 Å². The van der Waals surface area contributed by atoms with Gasteiger partial charge >= 0.3 is 0 Å². The number of nitrogens with zero attached hydrogens (tertiary/aromatic N) is 4. The summed E-state index contributed by atoms with van der Waals surface area (Å²) in [5, 5.41) is 15.4. The minimum Gasteiger partial charge on any atom is -0.354 e. The average Bonchev–Trinajstić information content (AvgIpc) is 2.27. The Morgan fingerprint density at radius 1 is 1.32 bits per heavy atom. The number of nitrogens with one attached hydrogen (secondary N) is 2. The molecule has 0 aromatic carbocycles. The van der Waals surface area contributed by atoms with Crippen molar-refractivity contribution in [3.8, 4) is 6.07 Å². The molecule has 0 aliphatic rings.